The minimum Gasteiger partial charge on any atom is -0.480 e. The topological polar surface area (TPSA) is 109 Å². The third kappa shape index (κ3) is 6.81. The van der Waals surface area contributed by atoms with Crippen LogP contribution in [-0.2, 0) is 14.6 Å². The number of carboxylic acid groups (broad SMARTS) is 1. The molecule has 0 amide bonds. The molecule has 2 atom stereocenters. The summed E-state index contributed by atoms with van der Waals surface area (Å²) in [6.45, 7) is 1.72. The molecule has 14 heavy (non-hydrogen) atoms. The second kappa shape index (κ2) is 5.28. The molecule has 0 aromatic rings. The van der Waals surface area contributed by atoms with Crippen LogP contribution in [-0.4, -0.2) is 50.1 Å². The average molecular weight is 224 g/mol. The highest BCUT2D eigenvalue weighted by Gasteiger charge is 2.14. The van der Waals surface area contributed by atoms with Gasteiger partial charge in [-0.05, 0) is 6.92 Å². The first kappa shape index (κ1) is 13.3. The van der Waals surface area contributed by atoms with E-state index in [0.717, 1.165) is 6.26 Å². The van der Waals surface area contributed by atoms with Gasteiger partial charge < -0.3 is 16.2 Å². The smallest absolute Gasteiger partial charge is 0.321 e. The Hall–Kier alpha value is -0.660. The highest BCUT2D eigenvalue weighted by Crippen LogP contribution is 1.90. The number of rotatable bonds is 6. The molecule has 4 N–H and O–H groups in total. The molecule has 0 aliphatic heterocycles. The van der Waals surface area contributed by atoms with Crippen LogP contribution in [0, 0.1) is 0 Å². The second-order valence-electron chi connectivity index (χ2n) is 3.35. The Balaban J connectivity index is 3.86. The van der Waals surface area contributed by atoms with Gasteiger partial charge in [-0.25, -0.2) is 8.42 Å². The van der Waals surface area contributed by atoms with E-state index in [1.54, 1.807) is 6.92 Å². The minimum atomic E-state index is -3.04. The molecule has 0 aliphatic carbocycles. The fraction of sp³-hybridized carbons (Fsp3) is 0.857. The Labute approximate surface area is 83.4 Å². The van der Waals surface area contributed by atoms with E-state index in [-0.39, 0.29) is 18.3 Å². The molecule has 0 aromatic carbocycles. The number of nitrogens with one attached hydrogen (secondary N) is 1. The number of carbonyl (C=O) groups is 1. The standard InChI is InChI=1S/C7H16N2O4S/c1-5(4-14(2,12)13)9-3-6(8)7(10)11/h5-6,9H,3-4,8H2,1-2H3,(H,10,11). The van der Waals surface area contributed by atoms with Gasteiger partial charge in [0.25, 0.3) is 0 Å². The van der Waals surface area contributed by atoms with E-state index in [1.165, 1.54) is 0 Å². The zero-order valence-corrected chi connectivity index (χ0v) is 9.04. The number of nitrogens with two attached hydrogens (primary N) is 1. The lowest BCUT2D eigenvalue weighted by molar-refractivity contribution is -0.138. The van der Waals surface area contributed by atoms with Gasteiger partial charge in [-0.3, -0.25) is 4.79 Å². The van der Waals surface area contributed by atoms with Crippen LogP contribution < -0.4 is 11.1 Å². The van der Waals surface area contributed by atoms with Crippen molar-refractivity contribution in [3.8, 4) is 0 Å². The molecule has 0 bridgehead atoms. The van der Waals surface area contributed by atoms with Crippen LogP contribution in [0.3, 0.4) is 0 Å². The fourth-order valence-corrected chi connectivity index (χ4v) is 1.95. The molecular weight excluding hydrogens is 208 g/mol. The molecule has 0 fully saturated rings. The van der Waals surface area contributed by atoms with Crippen LogP contribution in [0.1, 0.15) is 6.92 Å². The van der Waals surface area contributed by atoms with Crippen molar-refractivity contribution in [1.29, 1.82) is 0 Å². The normalized spacial score (nSPS) is 16.2. The number of carboxylic acids is 1. The summed E-state index contributed by atoms with van der Waals surface area (Å²) in [6.07, 6.45) is 1.13. The van der Waals surface area contributed by atoms with E-state index in [1.807, 2.05) is 0 Å². The summed E-state index contributed by atoms with van der Waals surface area (Å²) in [5, 5.41) is 11.2. The predicted octanol–water partition coefficient (Wildman–Crippen LogP) is -1.58. The lowest BCUT2D eigenvalue weighted by Crippen LogP contribution is -2.44. The van der Waals surface area contributed by atoms with E-state index >= 15 is 0 Å². The number of hydrogen-bond donors (Lipinski definition) is 3. The predicted molar refractivity (Wildman–Crippen MR) is 52.8 cm³/mol. The Morgan fingerprint density at radius 1 is 1.57 bits per heavy atom. The Morgan fingerprint density at radius 3 is 2.43 bits per heavy atom. The van der Waals surface area contributed by atoms with E-state index in [0.29, 0.717) is 0 Å². The summed E-state index contributed by atoms with van der Waals surface area (Å²) >= 11 is 0. The van der Waals surface area contributed by atoms with Crippen LogP contribution >= 0.6 is 0 Å². The molecule has 0 saturated carbocycles. The van der Waals surface area contributed by atoms with E-state index in [9.17, 15) is 13.2 Å². The van der Waals surface area contributed by atoms with Gasteiger partial charge in [0.05, 0.1) is 5.75 Å². The number of sulfone groups is 1. The molecule has 0 aliphatic rings. The summed E-state index contributed by atoms with van der Waals surface area (Å²) in [5.74, 6) is -1.14. The SMILES string of the molecule is CC(CS(C)(=O)=O)NCC(N)C(=O)O. The number of aliphatic carboxylic acids is 1. The van der Waals surface area contributed by atoms with Crippen molar-refractivity contribution in [3.05, 3.63) is 0 Å². The maximum atomic E-state index is 10.8. The van der Waals surface area contributed by atoms with E-state index in [2.05, 4.69) is 5.32 Å². The number of hydrogen-bond acceptors (Lipinski definition) is 5. The van der Waals surface area contributed by atoms with Gasteiger partial charge in [0.1, 0.15) is 15.9 Å². The molecule has 2 unspecified atom stereocenters. The maximum absolute atomic E-state index is 10.8. The van der Waals surface area contributed by atoms with Gasteiger partial charge in [-0.1, -0.05) is 0 Å². The molecule has 0 rings (SSSR count). The quantitative estimate of drug-likeness (QED) is 0.502. The molecule has 0 heterocycles. The lowest BCUT2D eigenvalue weighted by Gasteiger charge is -2.14. The minimum absolute atomic E-state index is 0.0284. The van der Waals surface area contributed by atoms with Gasteiger partial charge >= 0.3 is 5.97 Å². The summed E-state index contributed by atoms with van der Waals surface area (Å²) in [7, 11) is -3.04. The van der Waals surface area contributed by atoms with Crippen molar-refractivity contribution >= 4 is 15.8 Å². The van der Waals surface area contributed by atoms with Crippen molar-refractivity contribution in [1.82, 2.24) is 5.32 Å². The zero-order chi connectivity index (χ0) is 11.4. The summed E-state index contributed by atoms with van der Waals surface area (Å²) in [5.41, 5.74) is 5.22. The van der Waals surface area contributed by atoms with E-state index < -0.39 is 21.8 Å². The van der Waals surface area contributed by atoms with Gasteiger partial charge in [-0.15, -0.1) is 0 Å². The Bertz CT molecular complexity index is 288. The van der Waals surface area contributed by atoms with Gasteiger partial charge in [0.2, 0.25) is 0 Å². The largest absolute Gasteiger partial charge is 0.480 e. The Morgan fingerprint density at radius 2 is 2.07 bits per heavy atom. The molecular formula is C7H16N2O4S. The first-order valence-corrected chi connectivity index (χ1v) is 6.18. The van der Waals surface area contributed by atoms with Gasteiger partial charge in [0, 0.05) is 18.8 Å². The monoisotopic (exact) mass is 224 g/mol. The molecule has 0 radical (unpaired) electrons. The summed E-state index contributed by atoms with van der Waals surface area (Å²) in [6, 6.07) is -1.30. The van der Waals surface area contributed by atoms with Gasteiger partial charge in [0.15, 0.2) is 0 Å². The highest BCUT2D eigenvalue weighted by atomic mass is 32.2. The maximum Gasteiger partial charge on any atom is 0.321 e. The fourth-order valence-electron chi connectivity index (χ4n) is 0.929. The third-order valence-electron chi connectivity index (χ3n) is 1.56. The zero-order valence-electron chi connectivity index (χ0n) is 8.23. The summed E-state index contributed by atoms with van der Waals surface area (Å²) < 4.78 is 21.7. The lowest BCUT2D eigenvalue weighted by atomic mass is 10.3. The summed E-state index contributed by atoms with van der Waals surface area (Å²) in [4.78, 5) is 10.3. The van der Waals surface area contributed by atoms with Crippen LogP contribution in [0.5, 0.6) is 0 Å². The van der Waals surface area contributed by atoms with Crippen LogP contribution in [0.2, 0.25) is 0 Å². The molecule has 0 aromatic heterocycles. The van der Waals surface area contributed by atoms with Crippen molar-refractivity contribution in [2.75, 3.05) is 18.6 Å². The van der Waals surface area contributed by atoms with Crippen LogP contribution in [0.15, 0.2) is 0 Å². The van der Waals surface area contributed by atoms with Crippen molar-refractivity contribution in [2.24, 2.45) is 5.73 Å². The molecule has 6 nitrogen and oxygen atoms in total. The van der Waals surface area contributed by atoms with Crippen LogP contribution in [0.25, 0.3) is 0 Å². The molecule has 84 valence electrons. The van der Waals surface area contributed by atoms with Crippen molar-refractivity contribution in [2.45, 2.75) is 19.0 Å². The van der Waals surface area contributed by atoms with Crippen LogP contribution in [0.4, 0.5) is 0 Å². The Kier molecular flexibility index (Phi) is 5.03. The second-order valence-corrected chi connectivity index (χ2v) is 5.53. The van der Waals surface area contributed by atoms with E-state index in [4.69, 9.17) is 10.8 Å². The molecule has 0 saturated heterocycles. The van der Waals surface area contributed by atoms with Crippen molar-refractivity contribution < 1.29 is 18.3 Å². The molecule has 7 heteroatoms. The van der Waals surface area contributed by atoms with Gasteiger partial charge in [-0.2, -0.15) is 0 Å². The average Bonchev–Trinajstić information content (AvgIpc) is 1.96. The first-order chi connectivity index (χ1) is 6.22. The third-order valence-corrected chi connectivity index (χ3v) is 2.66. The van der Waals surface area contributed by atoms with Crippen molar-refractivity contribution in [3.63, 3.8) is 0 Å². The first-order valence-electron chi connectivity index (χ1n) is 4.12. The molecule has 0 spiro atoms. The highest BCUT2D eigenvalue weighted by molar-refractivity contribution is 7.90.